The van der Waals surface area contributed by atoms with Crippen molar-refractivity contribution in [2.24, 2.45) is 0 Å². The van der Waals surface area contributed by atoms with E-state index in [0.29, 0.717) is 24.3 Å². The largest absolute Gasteiger partial charge is 0.325 e. The minimum Gasteiger partial charge on any atom is -0.325 e. The van der Waals surface area contributed by atoms with E-state index in [1.807, 2.05) is 0 Å². The topological polar surface area (TPSA) is 121 Å². The van der Waals surface area contributed by atoms with Crippen LogP contribution in [0.4, 0.5) is 11.4 Å². The third-order valence-electron chi connectivity index (χ3n) is 5.57. The lowest BCUT2D eigenvalue weighted by atomic mass is 10.1. The molecule has 0 bridgehead atoms. The molecule has 1 N–H and O–H groups in total. The van der Waals surface area contributed by atoms with Crippen LogP contribution in [-0.2, 0) is 24.8 Å². The van der Waals surface area contributed by atoms with Gasteiger partial charge in [-0.2, -0.15) is 4.31 Å². The van der Waals surface area contributed by atoms with Crippen molar-refractivity contribution in [3.05, 3.63) is 54.1 Å². The van der Waals surface area contributed by atoms with Gasteiger partial charge in [0.1, 0.15) is 6.54 Å². The van der Waals surface area contributed by atoms with E-state index in [-0.39, 0.29) is 16.4 Å². The van der Waals surface area contributed by atoms with Crippen molar-refractivity contribution in [2.75, 3.05) is 35.5 Å². The van der Waals surface area contributed by atoms with Gasteiger partial charge < -0.3 is 5.32 Å². The highest BCUT2D eigenvalue weighted by molar-refractivity contribution is 7.92. The monoisotopic (exact) mass is 507 g/mol. The van der Waals surface area contributed by atoms with E-state index >= 15 is 0 Å². The van der Waals surface area contributed by atoms with Crippen LogP contribution < -0.4 is 9.62 Å². The first kappa shape index (κ1) is 25.9. The predicted octanol–water partition coefficient (Wildman–Crippen LogP) is 2.86. The Kier molecular flexibility index (Phi) is 8.11. The Balaban J connectivity index is 1.73. The molecule has 3 rings (SSSR count). The number of carbonyl (C=O) groups excluding carboxylic acids is 2. The van der Waals surface area contributed by atoms with Crippen LogP contribution in [-0.4, -0.2) is 58.7 Å². The Morgan fingerprint density at radius 1 is 0.941 bits per heavy atom. The first-order chi connectivity index (χ1) is 16.0. The van der Waals surface area contributed by atoms with Gasteiger partial charge in [0.05, 0.1) is 16.8 Å². The van der Waals surface area contributed by atoms with Crippen molar-refractivity contribution in [3.8, 4) is 0 Å². The Hall–Kier alpha value is -2.76. The van der Waals surface area contributed by atoms with E-state index in [4.69, 9.17) is 0 Å². The number of hydrogen-bond acceptors (Lipinski definition) is 6. The zero-order chi connectivity index (χ0) is 24.9. The quantitative estimate of drug-likeness (QED) is 0.549. The number of rotatable bonds is 8. The van der Waals surface area contributed by atoms with Crippen molar-refractivity contribution in [2.45, 2.75) is 37.5 Å². The van der Waals surface area contributed by atoms with E-state index in [2.05, 4.69) is 5.32 Å². The lowest BCUT2D eigenvalue weighted by Gasteiger charge is -2.22. The van der Waals surface area contributed by atoms with Crippen LogP contribution in [0.3, 0.4) is 0 Å². The third kappa shape index (κ3) is 6.43. The van der Waals surface area contributed by atoms with Crippen LogP contribution in [0.15, 0.2) is 53.4 Å². The lowest BCUT2D eigenvalue weighted by Crippen LogP contribution is -2.37. The number of ketones is 1. The molecule has 2 aromatic rings. The zero-order valence-corrected chi connectivity index (χ0v) is 20.9. The molecule has 2 aromatic carbocycles. The summed E-state index contributed by atoms with van der Waals surface area (Å²) in [5, 5.41) is 2.60. The lowest BCUT2D eigenvalue weighted by molar-refractivity contribution is -0.114. The summed E-state index contributed by atoms with van der Waals surface area (Å²) in [6, 6.07) is 11.8. The number of benzene rings is 2. The Bertz CT molecular complexity index is 1250. The van der Waals surface area contributed by atoms with Gasteiger partial charge in [-0.15, -0.1) is 0 Å². The molecule has 1 amide bonds. The molecule has 0 aromatic heterocycles. The van der Waals surface area contributed by atoms with Gasteiger partial charge >= 0.3 is 0 Å². The molecule has 0 radical (unpaired) electrons. The summed E-state index contributed by atoms with van der Waals surface area (Å²) in [6.45, 7) is 1.85. The van der Waals surface area contributed by atoms with E-state index < -0.39 is 32.5 Å². The van der Waals surface area contributed by atoms with Gasteiger partial charge in [0.15, 0.2) is 5.78 Å². The average Bonchev–Trinajstić information content (AvgIpc) is 3.07. The number of Topliss-reactive ketones (excluding diaryl/α,β-unsaturated/α-hetero) is 1. The predicted molar refractivity (Wildman–Crippen MR) is 131 cm³/mol. The Morgan fingerprint density at radius 3 is 2.12 bits per heavy atom. The van der Waals surface area contributed by atoms with Crippen LogP contribution >= 0.6 is 0 Å². The summed E-state index contributed by atoms with van der Waals surface area (Å²) in [7, 11) is -7.42. The summed E-state index contributed by atoms with van der Waals surface area (Å²) >= 11 is 0. The molecule has 1 aliphatic heterocycles. The number of carbonyl (C=O) groups is 2. The first-order valence-electron chi connectivity index (χ1n) is 11.0. The summed E-state index contributed by atoms with van der Waals surface area (Å²) in [5.74, 6) is -0.836. The second-order valence-electron chi connectivity index (χ2n) is 8.27. The Morgan fingerprint density at radius 2 is 1.56 bits per heavy atom. The molecule has 0 saturated carbocycles. The van der Waals surface area contributed by atoms with Crippen LogP contribution in [0.25, 0.3) is 0 Å². The van der Waals surface area contributed by atoms with Crippen molar-refractivity contribution in [1.82, 2.24) is 4.31 Å². The molecule has 184 valence electrons. The second kappa shape index (κ2) is 10.7. The van der Waals surface area contributed by atoms with Gasteiger partial charge in [-0.05, 0) is 56.2 Å². The molecule has 9 nitrogen and oxygen atoms in total. The van der Waals surface area contributed by atoms with Crippen molar-refractivity contribution >= 4 is 43.1 Å². The molecule has 1 heterocycles. The van der Waals surface area contributed by atoms with Crippen molar-refractivity contribution in [3.63, 3.8) is 0 Å². The maximum absolute atomic E-state index is 12.9. The minimum atomic E-state index is -3.81. The van der Waals surface area contributed by atoms with E-state index in [1.54, 1.807) is 12.1 Å². The van der Waals surface area contributed by atoms with Gasteiger partial charge in [0, 0.05) is 24.3 Å². The van der Waals surface area contributed by atoms with E-state index in [9.17, 15) is 26.4 Å². The SMILES string of the molecule is CC(=O)c1cccc(N(CC(=O)Nc2ccc(S(=O)(=O)N3CCCCCC3)cc2)S(C)(=O)=O)c1. The third-order valence-corrected chi connectivity index (χ3v) is 8.62. The van der Waals surface area contributed by atoms with E-state index in [1.165, 1.54) is 47.6 Å². The van der Waals surface area contributed by atoms with Gasteiger partial charge in [-0.25, -0.2) is 16.8 Å². The number of sulfonamides is 2. The molecule has 0 unspecified atom stereocenters. The van der Waals surface area contributed by atoms with Gasteiger partial charge in [0.2, 0.25) is 26.0 Å². The molecule has 0 atom stereocenters. The molecule has 1 fully saturated rings. The van der Waals surface area contributed by atoms with Crippen molar-refractivity contribution in [1.29, 1.82) is 0 Å². The molecular weight excluding hydrogens is 478 g/mol. The van der Waals surface area contributed by atoms with E-state index in [0.717, 1.165) is 36.2 Å². The van der Waals surface area contributed by atoms with Crippen LogP contribution in [0, 0.1) is 0 Å². The smallest absolute Gasteiger partial charge is 0.245 e. The molecular formula is C23H29N3O6S2. The number of nitrogens with one attached hydrogen (secondary N) is 1. The van der Waals surface area contributed by atoms with Crippen LogP contribution in [0.5, 0.6) is 0 Å². The Labute approximate surface area is 200 Å². The molecule has 0 aliphatic carbocycles. The maximum atomic E-state index is 12.9. The summed E-state index contributed by atoms with van der Waals surface area (Å²) in [4.78, 5) is 24.4. The fourth-order valence-corrected chi connectivity index (χ4v) is 6.12. The van der Waals surface area contributed by atoms with Crippen LogP contribution in [0.2, 0.25) is 0 Å². The average molecular weight is 508 g/mol. The highest BCUT2D eigenvalue weighted by Crippen LogP contribution is 2.23. The summed E-state index contributed by atoms with van der Waals surface area (Å²) in [5.41, 5.74) is 0.864. The van der Waals surface area contributed by atoms with Crippen LogP contribution in [0.1, 0.15) is 43.0 Å². The standard InChI is InChI=1S/C23H29N3O6S2/c1-18(27)19-8-7-9-21(16-19)26(33(2,29)30)17-23(28)24-20-10-12-22(13-11-20)34(31,32)25-14-5-3-4-6-15-25/h7-13,16H,3-6,14-15,17H2,1-2H3,(H,24,28). The zero-order valence-electron chi connectivity index (χ0n) is 19.2. The minimum absolute atomic E-state index is 0.145. The first-order valence-corrected chi connectivity index (χ1v) is 14.3. The summed E-state index contributed by atoms with van der Waals surface area (Å²) in [6.07, 6.45) is 4.67. The molecule has 1 saturated heterocycles. The second-order valence-corrected chi connectivity index (χ2v) is 12.1. The molecule has 11 heteroatoms. The molecule has 1 aliphatic rings. The maximum Gasteiger partial charge on any atom is 0.245 e. The number of hydrogen-bond donors (Lipinski definition) is 1. The van der Waals surface area contributed by atoms with Gasteiger partial charge in [-0.3, -0.25) is 13.9 Å². The van der Waals surface area contributed by atoms with Gasteiger partial charge in [0.25, 0.3) is 0 Å². The molecule has 34 heavy (non-hydrogen) atoms. The fourth-order valence-electron chi connectivity index (χ4n) is 3.75. The molecule has 0 spiro atoms. The number of anilines is 2. The van der Waals surface area contributed by atoms with Gasteiger partial charge in [-0.1, -0.05) is 25.0 Å². The fraction of sp³-hybridized carbons (Fsp3) is 0.391. The number of nitrogens with zero attached hydrogens (tertiary/aromatic N) is 2. The highest BCUT2D eigenvalue weighted by Gasteiger charge is 2.25. The van der Waals surface area contributed by atoms with Crippen molar-refractivity contribution < 1.29 is 26.4 Å². The number of amides is 1. The summed E-state index contributed by atoms with van der Waals surface area (Å²) < 4.78 is 52.8. The highest BCUT2D eigenvalue weighted by atomic mass is 32.2. The normalized spacial score (nSPS) is 15.4.